The van der Waals surface area contributed by atoms with Crippen molar-refractivity contribution < 1.29 is 24.5 Å². The number of aliphatic hydroxyl groups is 2. The molecule has 6 aliphatic rings. The van der Waals surface area contributed by atoms with Crippen LogP contribution in [0.4, 0.5) is 0 Å². The molecule has 9 heteroatoms. The summed E-state index contributed by atoms with van der Waals surface area (Å²) < 4.78 is 5.71. The third kappa shape index (κ3) is 8.74. The molecule has 0 radical (unpaired) electrons. The van der Waals surface area contributed by atoms with Crippen molar-refractivity contribution in [2.24, 2.45) is 26.8 Å². The number of esters is 1. The zero-order valence-corrected chi connectivity index (χ0v) is 35.1. The molecule has 57 heavy (non-hydrogen) atoms. The highest BCUT2D eigenvalue weighted by molar-refractivity contribution is 6.38. The number of hydrogen-bond acceptors (Lipinski definition) is 9. The predicted octanol–water partition coefficient (Wildman–Crippen LogP) is 9.96. The number of aliphatic hydroxyl groups excluding tert-OH is 2. The van der Waals surface area contributed by atoms with Gasteiger partial charge in [0.2, 0.25) is 0 Å². The standard InChI is InChI=1S/C48H58N4O5/c1-10-33-36(25-53)41-24-42-45(32(9)54)30(7)38(49-42)22-37-29(6)34(17-18-44(56)57-20-19-28(5)16-12-15-27(4)14-11-13-26(2)3)47(51-37)35-21-43(55)46-31(8)39(52-48(35)46)23-40(33)50-41/h13,15,19,22-25,29,32,34,51,53-54H,10-12,14,16-18,20-21H2,1-9H3/b27-15+,28-19+,36-25+,37-22?,39-23?,42-24?,47-35?/t29-,32?,34-/m0/s1. The van der Waals surface area contributed by atoms with Crippen LogP contribution in [0.3, 0.4) is 0 Å². The van der Waals surface area contributed by atoms with Gasteiger partial charge in [-0.2, -0.15) is 0 Å². The van der Waals surface area contributed by atoms with Crippen molar-refractivity contribution in [2.45, 2.75) is 120 Å². The number of nitrogens with one attached hydrogen (secondary N) is 1. The summed E-state index contributed by atoms with van der Waals surface area (Å²) >= 11 is 0. The van der Waals surface area contributed by atoms with E-state index in [-0.39, 0.29) is 43.0 Å². The summed E-state index contributed by atoms with van der Waals surface area (Å²) in [5, 5.41) is 25.0. The van der Waals surface area contributed by atoms with Crippen LogP contribution in [-0.4, -0.2) is 51.8 Å². The van der Waals surface area contributed by atoms with Crippen molar-refractivity contribution >= 4 is 28.9 Å². The number of aliphatic imine (C=N–C) groups is 3. The third-order valence-electron chi connectivity index (χ3n) is 11.9. The Hall–Kier alpha value is -5.15. The summed E-state index contributed by atoms with van der Waals surface area (Å²) in [6.07, 6.45) is 18.2. The summed E-state index contributed by atoms with van der Waals surface area (Å²) in [4.78, 5) is 41.9. The van der Waals surface area contributed by atoms with Crippen molar-refractivity contribution in [1.29, 1.82) is 0 Å². The number of fused-ring (bicyclic) bond motifs is 5. The minimum Gasteiger partial charge on any atom is -0.515 e. The molecular formula is C48H58N4O5. The zero-order chi connectivity index (χ0) is 41.1. The van der Waals surface area contributed by atoms with Crippen LogP contribution < -0.4 is 5.32 Å². The number of carbonyl (C=O) groups is 2. The van der Waals surface area contributed by atoms with E-state index >= 15 is 0 Å². The maximum atomic E-state index is 13.7. The molecule has 0 amide bonds. The lowest BCUT2D eigenvalue weighted by molar-refractivity contribution is -0.142. The molecule has 0 aromatic rings. The summed E-state index contributed by atoms with van der Waals surface area (Å²) in [5.74, 6) is -0.388. The van der Waals surface area contributed by atoms with Crippen LogP contribution >= 0.6 is 0 Å². The lowest BCUT2D eigenvalue weighted by Gasteiger charge is -2.17. The normalized spacial score (nSPS) is 23.2. The molecule has 1 aliphatic carbocycles. The molecule has 1 unspecified atom stereocenters. The van der Waals surface area contributed by atoms with Gasteiger partial charge >= 0.3 is 5.97 Å². The van der Waals surface area contributed by atoms with Crippen molar-refractivity contribution in [1.82, 2.24) is 5.32 Å². The quantitative estimate of drug-likeness (QED) is 0.0971. The molecule has 0 aromatic heterocycles. The van der Waals surface area contributed by atoms with E-state index in [2.05, 4.69) is 52.1 Å². The Morgan fingerprint density at radius 3 is 2.35 bits per heavy atom. The monoisotopic (exact) mass is 770 g/mol. The Balaban J connectivity index is 1.28. The number of ether oxygens (including phenoxy) is 1. The number of ketones is 1. The van der Waals surface area contributed by atoms with Crippen molar-refractivity contribution in [3.63, 3.8) is 0 Å². The lowest BCUT2D eigenvalue weighted by atomic mass is 9.86. The van der Waals surface area contributed by atoms with E-state index in [1.807, 2.05) is 45.1 Å². The molecule has 1 saturated carbocycles. The number of nitrogens with zero attached hydrogens (tertiary/aromatic N) is 3. The summed E-state index contributed by atoms with van der Waals surface area (Å²) in [6.45, 7) is 18.5. The van der Waals surface area contributed by atoms with Gasteiger partial charge in [-0.15, -0.1) is 0 Å². The van der Waals surface area contributed by atoms with Gasteiger partial charge in [-0.3, -0.25) is 9.59 Å². The molecule has 300 valence electrons. The Morgan fingerprint density at radius 1 is 0.947 bits per heavy atom. The molecule has 6 rings (SSSR count). The first kappa shape index (κ1) is 41.5. The van der Waals surface area contributed by atoms with Crippen LogP contribution in [-0.2, 0) is 14.3 Å². The molecule has 3 N–H and O–H groups in total. The third-order valence-corrected chi connectivity index (χ3v) is 11.9. The van der Waals surface area contributed by atoms with E-state index in [1.165, 1.54) is 16.7 Å². The van der Waals surface area contributed by atoms with Crippen molar-refractivity contribution in [3.05, 3.63) is 127 Å². The van der Waals surface area contributed by atoms with Gasteiger partial charge in [-0.05, 0) is 128 Å². The molecule has 8 bridgehead atoms. The summed E-state index contributed by atoms with van der Waals surface area (Å²) in [5.41, 5.74) is 14.8. The molecule has 5 aliphatic heterocycles. The second-order valence-corrected chi connectivity index (χ2v) is 16.3. The number of hydrogen-bond donors (Lipinski definition) is 3. The van der Waals surface area contributed by atoms with Gasteiger partial charge in [0.15, 0.2) is 5.78 Å². The van der Waals surface area contributed by atoms with Gasteiger partial charge in [0.05, 0.1) is 46.6 Å². The van der Waals surface area contributed by atoms with Crippen LogP contribution in [0, 0.1) is 11.8 Å². The predicted molar refractivity (Wildman–Crippen MR) is 230 cm³/mol. The van der Waals surface area contributed by atoms with Crippen molar-refractivity contribution in [3.8, 4) is 0 Å². The second-order valence-electron chi connectivity index (χ2n) is 16.3. The molecule has 2 fully saturated rings. The van der Waals surface area contributed by atoms with Gasteiger partial charge < -0.3 is 20.3 Å². The Morgan fingerprint density at radius 2 is 1.67 bits per heavy atom. The highest BCUT2D eigenvalue weighted by atomic mass is 16.5. The minimum absolute atomic E-state index is 0.0178. The minimum atomic E-state index is -0.795. The van der Waals surface area contributed by atoms with Crippen LogP contribution in [0.1, 0.15) is 114 Å². The fourth-order valence-electron chi connectivity index (χ4n) is 8.56. The molecule has 9 nitrogen and oxygen atoms in total. The van der Waals surface area contributed by atoms with E-state index in [9.17, 15) is 19.8 Å². The Bertz CT molecular complexity index is 2210. The van der Waals surface area contributed by atoms with E-state index in [1.54, 1.807) is 6.92 Å². The Labute approximate surface area is 338 Å². The Kier molecular flexibility index (Phi) is 12.8. The lowest BCUT2D eigenvalue weighted by Crippen LogP contribution is -2.15. The van der Waals surface area contributed by atoms with E-state index in [0.29, 0.717) is 63.8 Å². The molecule has 0 aromatic carbocycles. The van der Waals surface area contributed by atoms with Gasteiger partial charge in [-0.25, -0.2) is 15.0 Å². The maximum absolute atomic E-state index is 13.7. The highest BCUT2D eigenvalue weighted by Crippen LogP contribution is 2.45. The van der Waals surface area contributed by atoms with E-state index < -0.39 is 6.10 Å². The molecular weight excluding hydrogens is 713 g/mol. The number of allylic oxidation sites excluding steroid dienone is 16. The summed E-state index contributed by atoms with van der Waals surface area (Å²) in [7, 11) is 0. The van der Waals surface area contributed by atoms with Crippen LogP contribution in [0.25, 0.3) is 0 Å². The van der Waals surface area contributed by atoms with Gasteiger partial charge in [-0.1, -0.05) is 42.7 Å². The smallest absolute Gasteiger partial charge is 0.306 e. The van der Waals surface area contributed by atoms with E-state index in [4.69, 9.17) is 19.7 Å². The van der Waals surface area contributed by atoms with Gasteiger partial charge in [0.25, 0.3) is 0 Å². The number of rotatable bonds is 13. The first-order valence-corrected chi connectivity index (χ1v) is 20.5. The second kappa shape index (κ2) is 17.6. The fourth-order valence-corrected chi connectivity index (χ4v) is 8.56. The largest absolute Gasteiger partial charge is 0.515 e. The van der Waals surface area contributed by atoms with Gasteiger partial charge in [0, 0.05) is 58.4 Å². The first-order chi connectivity index (χ1) is 27.2. The van der Waals surface area contributed by atoms with Crippen LogP contribution in [0.2, 0.25) is 0 Å². The maximum Gasteiger partial charge on any atom is 0.306 e. The topological polar surface area (TPSA) is 133 Å². The molecule has 0 spiro atoms. The zero-order valence-electron chi connectivity index (χ0n) is 35.1. The van der Waals surface area contributed by atoms with Gasteiger partial charge in [0.1, 0.15) is 6.61 Å². The average Bonchev–Trinajstić information content (AvgIpc) is 3.92. The summed E-state index contributed by atoms with van der Waals surface area (Å²) in [6, 6.07) is 0. The van der Waals surface area contributed by atoms with Crippen LogP contribution in [0.15, 0.2) is 142 Å². The number of Topliss-reactive ketones (excluding diaryl/α,β-unsaturated/α-hetero) is 1. The highest BCUT2D eigenvalue weighted by Gasteiger charge is 2.43. The first-order valence-electron chi connectivity index (χ1n) is 20.5. The molecule has 3 atom stereocenters. The van der Waals surface area contributed by atoms with Crippen LogP contribution in [0.5, 0.6) is 0 Å². The van der Waals surface area contributed by atoms with E-state index in [0.717, 1.165) is 65.6 Å². The van der Waals surface area contributed by atoms with Crippen molar-refractivity contribution in [2.75, 3.05) is 6.61 Å². The fraction of sp³-hybridized carbons (Fsp3) is 0.438. The molecule has 5 heterocycles. The average molecular weight is 771 g/mol. The molecule has 1 saturated heterocycles. The number of carbonyl (C=O) groups excluding carboxylic acids is 2. The SMILES string of the molecule is CCC1=C2C=C3N=C4C(=C5NC(=CC6=NC(=CC(=N2)/C1=C/O)C(C(C)O)=C6C)[C@@H](C)[C@@H]5CCC(=O)OC/C=C(\C)CC/C=C(\C)CCC=C(C)C)CC(=O)C4=C3C.